The number of hydrogen-bond acceptors (Lipinski definition) is 5. The first kappa shape index (κ1) is 20.9. The lowest BCUT2D eigenvalue weighted by Crippen LogP contribution is -2.25. The summed E-state index contributed by atoms with van der Waals surface area (Å²) in [6.07, 6.45) is 0.143. The maximum Gasteiger partial charge on any atom is 0.338 e. The summed E-state index contributed by atoms with van der Waals surface area (Å²) in [5.41, 5.74) is 1.35. The van der Waals surface area contributed by atoms with Gasteiger partial charge >= 0.3 is 5.97 Å². The Labute approximate surface area is 183 Å². The molecule has 5 nitrogen and oxygen atoms in total. The van der Waals surface area contributed by atoms with Gasteiger partial charge in [0, 0.05) is 17.5 Å². The topological polar surface area (TPSA) is 59.0 Å². The number of aliphatic hydroxyl groups is 1. The van der Waals surface area contributed by atoms with Gasteiger partial charge in [-0.3, -0.25) is 0 Å². The van der Waals surface area contributed by atoms with Gasteiger partial charge in [0.1, 0.15) is 23.4 Å². The molecule has 1 heterocycles. The number of rotatable bonds is 5. The number of hydrogen-bond donors (Lipinski definition) is 1. The van der Waals surface area contributed by atoms with Crippen LogP contribution < -0.4 is 9.64 Å². The van der Waals surface area contributed by atoms with Gasteiger partial charge in [0.15, 0.2) is 0 Å². The highest BCUT2D eigenvalue weighted by Crippen LogP contribution is 2.43. The van der Waals surface area contributed by atoms with Gasteiger partial charge < -0.3 is 19.5 Å². The second-order valence-electron chi connectivity index (χ2n) is 6.81. The lowest BCUT2D eigenvalue weighted by Gasteiger charge is -2.32. The molecule has 1 atom stereocenters. The molecular weight excluding hydrogens is 421 g/mol. The van der Waals surface area contributed by atoms with Crippen molar-refractivity contribution in [3.63, 3.8) is 0 Å². The normalized spacial score (nSPS) is 15.2. The fourth-order valence-corrected chi connectivity index (χ4v) is 3.48. The van der Waals surface area contributed by atoms with Crippen LogP contribution >= 0.6 is 11.6 Å². The number of para-hydroxylation sites is 1. The Morgan fingerprint density at radius 1 is 1.10 bits per heavy atom. The zero-order valence-electron chi connectivity index (χ0n) is 16.6. The second kappa shape index (κ2) is 8.79. The van der Waals surface area contributed by atoms with Gasteiger partial charge in [-0.15, -0.1) is 0 Å². The highest BCUT2D eigenvalue weighted by molar-refractivity contribution is 6.31. The van der Waals surface area contributed by atoms with Gasteiger partial charge in [-0.25, -0.2) is 9.18 Å². The second-order valence-corrected chi connectivity index (χ2v) is 7.22. The van der Waals surface area contributed by atoms with E-state index in [9.17, 15) is 14.3 Å². The van der Waals surface area contributed by atoms with Crippen molar-refractivity contribution in [2.45, 2.75) is 13.0 Å². The minimum absolute atomic E-state index is 0.000634. The van der Waals surface area contributed by atoms with Gasteiger partial charge in [0.05, 0.1) is 22.9 Å². The molecule has 1 N–H and O–H groups in total. The largest absolute Gasteiger partial charge is 0.463 e. The lowest BCUT2D eigenvalue weighted by atomic mass is 9.95. The van der Waals surface area contributed by atoms with Crippen molar-refractivity contribution < 1.29 is 23.8 Å². The fourth-order valence-electron chi connectivity index (χ4n) is 3.32. The minimum Gasteiger partial charge on any atom is -0.463 e. The van der Waals surface area contributed by atoms with E-state index in [-0.39, 0.29) is 22.8 Å². The van der Waals surface area contributed by atoms with Gasteiger partial charge in [-0.2, -0.15) is 0 Å². The Morgan fingerprint density at radius 3 is 2.45 bits per heavy atom. The van der Waals surface area contributed by atoms with Crippen LogP contribution in [0.25, 0.3) is 0 Å². The first-order valence-electron chi connectivity index (χ1n) is 9.66. The van der Waals surface area contributed by atoms with Gasteiger partial charge in [-0.1, -0.05) is 29.8 Å². The van der Waals surface area contributed by atoms with E-state index in [0.717, 1.165) is 6.07 Å². The molecule has 3 aromatic rings. The molecule has 1 aliphatic rings. The Balaban J connectivity index is 1.72. The number of ether oxygens (including phenoxy) is 2. The van der Waals surface area contributed by atoms with Crippen molar-refractivity contribution in [1.82, 2.24) is 0 Å². The molecule has 0 fully saturated rings. The Hall–Kier alpha value is -3.35. The summed E-state index contributed by atoms with van der Waals surface area (Å²) >= 11 is 5.99. The van der Waals surface area contributed by atoms with Crippen LogP contribution in [0.3, 0.4) is 0 Å². The van der Waals surface area contributed by atoms with Crippen LogP contribution in [0, 0.1) is 5.82 Å². The van der Waals surface area contributed by atoms with Crippen molar-refractivity contribution in [3.05, 3.63) is 94.9 Å². The van der Waals surface area contributed by atoms with E-state index >= 15 is 0 Å². The third-order valence-corrected chi connectivity index (χ3v) is 5.08. The average Bonchev–Trinajstić information content (AvgIpc) is 2.77. The summed E-state index contributed by atoms with van der Waals surface area (Å²) in [6.45, 7) is 1.82. The van der Waals surface area contributed by atoms with Crippen molar-refractivity contribution >= 4 is 28.9 Å². The number of esters is 1. The summed E-state index contributed by atoms with van der Waals surface area (Å²) in [5, 5.41) is 10.6. The standard InChI is InChI=1S/C24H19ClFNO4/c1-2-30-24(29)19-14-27(22-13-20(25)21(26)12-18(22)23(19)28)15-8-10-17(11-9-15)31-16-6-4-3-5-7-16/h3-14,23,28H,2H2,1H3. The highest BCUT2D eigenvalue weighted by atomic mass is 35.5. The molecule has 4 rings (SSSR count). The van der Waals surface area contributed by atoms with E-state index in [2.05, 4.69) is 0 Å². The number of halogens is 2. The summed E-state index contributed by atoms with van der Waals surface area (Å²) in [7, 11) is 0. The van der Waals surface area contributed by atoms with Crippen molar-refractivity contribution in [3.8, 4) is 11.5 Å². The van der Waals surface area contributed by atoms with Crippen molar-refractivity contribution in [1.29, 1.82) is 0 Å². The molecule has 0 saturated carbocycles. The number of carbonyl (C=O) groups excluding carboxylic acids is 1. The van der Waals surface area contributed by atoms with E-state index < -0.39 is 17.9 Å². The third kappa shape index (κ3) is 4.26. The Morgan fingerprint density at radius 2 is 1.77 bits per heavy atom. The van der Waals surface area contributed by atoms with Gasteiger partial charge in [0.2, 0.25) is 0 Å². The summed E-state index contributed by atoms with van der Waals surface area (Å²) in [5.74, 6) is -0.0337. The molecule has 0 radical (unpaired) electrons. The zero-order chi connectivity index (χ0) is 22.0. The number of anilines is 2. The molecule has 0 aromatic heterocycles. The van der Waals surface area contributed by atoms with Crippen LogP contribution in [-0.4, -0.2) is 17.7 Å². The number of aliphatic hydroxyl groups excluding tert-OH is 1. The maximum atomic E-state index is 14.1. The summed E-state index contributed by atoms with van der Waals surface area (Å²) < 4.78 is 25.0. The average molecular weight is 440 g/mol. The van der Waals surface area contributed by atoms with Crippen LogP contribution in [0.2, 0.25) is 5.02 Å². The molecule has 0 amide bonds. The molecule has 3 aromatic carbocycles. The molecule has 1 unspecified atom stereocenters. The van der Waals surface area contributed by atoms with Crippen LogP contribution in [0.1, 0.15) is 18.6 Å². The van der Waals surface area contributed by atoms with Crippen LogP contribution in [-0.2, 0) is 9.53 Å². The van der Waals surface area contributed by atoms with Gasteiger partial charge in [0.25, 0.3) is 0 Å². The van der Waals surface area contributed by atoms with E-state index in [1.165, 1.54) is 12.3 Å². The molecule has 0 bridgehead atoms. The first-order chi connectivity index (χ1) is 15.0. The molecular formula is C24H19ClFNO4. The zero-order valence-corrected chi connectivity index (χ0v) is 17.3. The number of benzene rings is 3. The van der Waals surface area contributed by atoms with Crippen LogP contribution in [0.4, 0.5) is 15.8 Å². The number of nitrogens with zero attached hydrogens (tertiary/aromatic N) is 1. The van der Waals surface area contributed by atoms with Crippen LogP contribution in [0.5, 0.6) is 11.5 Å². The molecule has 0 spiro atoms. The summed E-state index contributed by atoms with van der Waals surface area (Å²) in [6, 6.07) is 19.0. The lowest BCUT2D eigenvalue weighted by molar-refractivity contribution is -0.139. The van der Waals surface area contributed by atoms with E-state index in [1.54, 1.807) is 36.1 Å². The van der Waals surface area contributed by atoms with E-state index in [0.29, 0.717) is 22.9 Å². The highest BCUT2D eigenvalue weighted by Gasteiger charge is 2.32. The predicted molar refractivity (Wildman–Crippen MR) is 116 cm³/mol. The third-order valence-electron chi connectivity index (χ3n) is 4.79. The van der Waals surface area contributed by atoms with E-state index in [4.69, 9.17) is 21.1 Å². The quantitative estimate of drug-likeness (QED) is 0.501. The maximum absolute atomic E-state index is 14.1. The van der Waals surface area contributed by atoms with E-state index in [1.807, 2.05) is 30.3 Å². The first-order valence-corrected chi connectivity index (χ1v) is 10.0. The fraction of sp³-hybridized carbons (Fsp3) is 0.125. The van der Waals surface area contributed by atoms with Gasteiger partial charge in [-0.05, 0) is 55.5 Å². The molecule has 7 heteroatoms. The van der Waals surface area contributed by atoms with Crippen molar-refractivity contribution in [2.75, 3.05) is 11.5 Å². The molecule has 31 heavy (non-hydrogen) atoms. The SMILES string of the molecule is CCOC(=O)C1=CN(c2ccc(Oc3ccccc3)cc2)c2cc(Cl)c(F)cc2C1O. The molecule has 0 aliphatic carbocycles. The monoisotopic (exact) mass is 439 g/mol. The number of fused-ring (bicyclic) bond motifs is 1. The predicted octanol–water partition coefficient (Wildman–Crippen LogP) is 5.90. The van der Waals surface area contributed by atoms with Crippen LogP contribution in [0.15, 0.2) is 78.5 Å². The molecule has 1 aliphatic heterocycles. The summed E-state index contributed by atoms with van der Waals surface area (Å²) in [4.78, 5) is 14.0. The molecule has 158 valence electrons. The minimum atomic E-state index is -1.34. The molecule has 0 saturated heterocycles. The van der Waals surface area contributed by atoms with Crippen molar-refractivity contribution in [2.24, 2.45) is 0 Å². The Bertz CT molecular complexity index is 1130. The number of carbonyl (C=O) groups is 1. The smallest absolute Gasteiger partial charge is 0.338 e. The Kier molecular flexibility index (Phi) is 5.93.